The third-order valence-electron chi connectivity index (χ3n) is 5.17. The van der Waals surface area contributed by atoms with Crippen molar-refractivity contribution in [3.05, 3.63) is 48.0 Å². The zero-order chi connectivity index (χ0) is 21.8. The molecule has 0 heterocycles. The summed E-state index contributed by atoms with van der Waals surface area (Å²) in [7, 11) is -4.29. The van der Waals surface area contributed by atoms with E-state index >= 15 is 0 Å². The van der Waals surface area contributed by atoms with Gasteiger partial charge in [-0.05, 0) is 48.7 Å². The molecule has 0 saturated heterocycles. The van der Waals surface area contributed by atoms with Crippen LogP contribution in [0.25, 0.3) is 0 Å². The van der Waals surface area contributed by atoms with Crippen LogP contribution in [0, 0.1) is 0 Å². The molecule has 0 fully saturated rings. The third kappa shape index (κ3) is 11.3. The molecular formula is C24H33KO5S. The first-order chi connectivity index (χ1) is 14.4. The van der Waals surface area contributed by atoms with Gasteiger partial charge in [-0.2, -0.15) is 8.42 Å². The van der Waals surface area contributed by atoms with E-state index in [2.05, 4.69) is 6.92 Å². The fraction of sp³-hybridized carbons (Fsp3) is 0.500. The summed E-state index contributed by atoms with van der Waals surface area (Å²) in [6.07, 6.45) is 12.6. The molecule has 0 aliphatic carbocycles. The van der Waals surface area contributed by atoms with Crippen LogP contribution in [0.4, 0.5) is 0 Å². The minimum absolute atomic E-state index is 0. The molecule has 0 radical (unpaired) electrons. The largest absolute Gasteiger partial charge is 1.00 e. The van der Waals surface area contributed by atoms with Crippen LogP contribution in [0.15, 0.2) is 47.4 Å². The van der Waals surface area contributed by atoms with Gasteiger partial charge in [0.15, 0.2) is 0 Å². The Balaban J connectivity index is 0.00000480. The average molecular weight is 473 g/mol. The van der Waals surface area contributed by atoms with Gasteiger partial charge >= 0.3 is 51.4 Å². The summed E-state index contributed by atoms with van der Waals surface area (Å²) in [5.41, 5.74) is 0.551. The van der Waals surface area contributed by atoms with Crippen molar-refractivity contribution in [3.8, 4) is 17.2 Å². The quantitative estimate of drug-likeness (QED) is 0.259. The molecule has 2 rings (SSSR count). The van der Waals surface area contributed by atoms with Gasteiger partial charge in [0, 0.05) is 0 Å². The van der Waals surface area contributed by atoms with E-state index < -0.39 is 10.1 Å². The fourth-order valence-corrected chi connectivity index (χ4v) is 4.25. The zero-order valence-electron chi connectivity index (χ0n) is 18.8. The summed E-state index contributed by atoms with van der Waals surface area (Å²) in [5, 5.41) is 11.2. The summed E-state index contributed by atoms with van der Waals surface area (Å²) < 4.78 is 38.7. The van der Waals surface area contributed by atoms with Crippen molar-refractivity contribution in [2.45, 2.75) is 82.4 Å². The minimum atomic E-state index is -4.29. The molecular weight excluding hydrogens is 439 g/mol. The summed E-state index contributed by atoms with van der Waals surface area (Å²) in [5.74, 6) is 0.868. The molecule has 0 amide bonds. The van der Waals surface area contributed by atoms with Gasteiger partial charge in [-0.3, -0.25) is 4.55 Å². The number of hydrogen-bond acceptors (Lipinski definition) is 4. The predicted octanol–water partition coefficient (Wildman–Crippen LogP) is 3.27. The molecule has 0 aromatic heterocycles. The Morgan fingerprint density at radius 3 is 1.87 bits per heavy atom. The number of rotatable bonds is 14. The van der Waals surface area contributed by atoms with Gasteiger partial charge in [-0.15, -0.1) is 5.75 Å². The first-order valence-electron chi connectivity index (χ1n) is 11.0. The van der Waals surface area contributed by atoms with E-state index in [1.165, 1.54) is 69.2 Å². The van der Waals surface area contributed by atoms with Crippen molar-refractivity contribution < 1.29 is 74.2 Å². The van der Waals surface area contributed by atoms with Crippen molar-refractivity contribution in [3.63, 3.8) is 0 Å². The average Bonchev–Trinajstić information content (AvgIpc) is 2.70. The Morgan fingerprint density at radius 1 is 0.806 bits per heavy atom. The molecule has 0 unspecified atom stereocenters. The van der Waals surface area contributed by atoms with E-state index in [9.17, 15) is 18.1 Å². The second kappa shape index (κ2) is 15.4. The van der Waals surface area contributed by atoms with Crippen LogP contribution in [0.2, 0.25) is 0 Å². The van der Waals surface area contributed by atoms with Gasteiger partial charge in [0.05, 0.1) is 4.90 Å². The normalized spacial score (nSPS) is 11.2. The second-order valence-electron chi connectivity index (χ2n) is 7.75. The van der Waals surface area contributed by atoms with E-state index in [4.69, 9.17) is 4.74 Å². The number of hydrogen-bond donors (Lipinski definition) is 1. The molecule has 166 valence electrons. The minimum Gasteiger partial charge on any atom is -0.872 e. The molecule has 2 aromatic carbocycles. The smallest absolute Gasteiger partial charge is 0.872 e. The molecule has 0 aliphatic heterocycles. The molecule has 0 bridgehead atoms. The van der Waals surface area contributed by atoms with Crippen LogP contribution in [-0.4, -0.2) is 13.0 Å². The van der Waals surface area contributed by atoms with Crippen molar-refractivity contribution in [1.82, 2.24) is 0 Å². The van der Waals surface area contributed by atoms with E-state index in [0.717, 1.165) is 19.3 Å². The maximum absolute atomic E-state index is 11.7. The van der Waals surface area contributed by atoms with Crippen molar-refractivity contribution in [1.29, 1.82) is 0 Å². The molecule has 0 atom stereocenters. The van der Waals surface area contributed by atoms with E-state index in [1.807, 2.05) is 0 Å². The summed E-state index contributed by atoms with van der Waals surface area (Å²) in [6.45, 7) is 2.22. The Hall–Kier alpha value is -0.414. The van der Waals surface area contributed by atoms with E-state index in [1.54, 1.807) is 18.2 Å². The van der Waals surface area contributed by atoms with Crippen molar-refractivity contribution >= 4 is 10.1 Å². The SMILES string of the molecule is CCCCCCCCCCCCc1cc(Oc2ccc([O-])cc2)ccc1S(=O)(=O)O.[K+]. The van der Waals surface area contributed by atoms with Gasteiger partial charge in [0.2, 0.25) is 0 Å². The predicted molar refractivity (Wildman–Crippen MR) is 118 cm³/mol. The van der Waals surface area contributed by atoms with Crippen LogP contribution in [0.5, 0.6) is 17.2 Å². The summed E-state index contributed by atoms with van der Waals surface area (Å²) in [6, 6.07) is 10.5. The molecule has 5 nitrogen and oxygen atoms in total. The number of ether oxygens (including phenoxy) is 1. The van der Waals surface area contributed by atoms with Crippen molar-refractivity contribution in [2.24, 2.45) is 0 Å². The Bertz CT molecular complexity index is 866. The van der Waals surface area contributed by atoms with E-state index in [0.29, 0.717) is 23.5 Å². The molecule has 0 saturated carbocycles. The topological polar surface area (TPSA) is 86.7 Å². The van der Waals surface area contributed by atoms with Gasteiger partial charge in [0.1, 0.15) is 11.5 Å². The molecule has 2 aromatic rings. The van der Waals surface area contributed by atoms with Crippen LogP contribution >= 0.6 is 0 Å². The number of benzene rings is 2. The summed E-state index contributed by atoms with van der Waals surface area (Å²) in [4.78, 5) is -0.0688. The number of aryl methyl sites for hydroxylation is 1. The fourth-order valence-electron chi connectivity index (χ4n) is 3.51. The maximum Gasteiger partial charge on any atom is 1.00 e. The molecule has 31 heavy (non-hydrogen) atoms. The molecule has 0 aliphatic rings. The molecule has 7 heteroatoms. The van der Waals surface area contributed by atoms with Crippen molar-refractivity contribution in [2.75, 3.05) is 0 Å². The van der Waals surface area contributed by atoms with Crippen LogP contribution in [-0.2, 0) is 16.5 Å². The Morgan fingerprint density at radius 2 is 1.32 bits per heavy atom. The maximum atomic E-state index is 11.7. The Kier molecular flexibility index (Phi) is 14.2. The molecule has 1 N–H and O–H groups in total. The second-order valence-corrected chi connectivity index (χ2v) is 9.14. The monoisotopic (exact) mass is 472 g/mol. The first-order valence-corrected chi connectivity index (χ1v) is 12.4. The van der Waals surface area contributed by atoms with Gasteiger partial charge < -0.3 is 9.84 Å². The first kappa shape index (κ1) is 28.6. The zero-order valence-corrected chi connectivity index (χ0v) is 22.7. The van der Waals surface area contributed by atoms with Crippen LogP contribution < -0.4 is 61.2 Å². The summed E-state index contributed by atoms with van der Waals surface area (Å²) >= 11 is 0. The molecule has 0 spiro atoms. The van der Waals surface area contributed by atoms with Crippen LogP contribution in [0.1, 0.15) is 76.7 Å². The van der Waals surface area contributed by atoms with Gasteiger partial charge in [0.25, 0.3) is 10.1 Å². The van der Waals surface area contributed by atoms with E-state index in [-0.39, 0.29) is 62.0 Å². The van der Waals surface area contributed by atoms with Gasteiger partial charge in [-0.1, -0.05) is 76.8 Å². The standard InChI is InChI=1S/C24H34O5S.K/c1-2-3-4-5-6-7-8-9-10-11-12-20-19-23(17-18-24(20)30(26,27)28)29-22-15-13-21(25)14-16-22;/h13-19,25H,2-12H2,1H3,(H,26,27,28);/q;+1/p-1. The Labute approximate surface area is 229 Å². The number of unbranched alkanes of at least 4 members (excludes halogenated alkanes) is 9. The van der Waals surface area contributed by atoms with Gasteiger partial charge in [-0.25, -0.2) is 0 Å². The third-order valence-corrected chi connectivity index (χ3v) is 6.12. The van der Waals surface area contributed by atoms with Crippen LogP contribution in [0.3, 0.4) is 0 Å².